The molecule has 4 aromatic carbocycles. The number of nitrogens with one attached hydrogen (secondary N) is 2. The summed E-state index contributed by atoms with van der Waals surface area (Å²) in [7, 11) is 0. The van der Waals surface area contributed by atoms with Crippen molar-refractivity contribution in [3.63, 3.8) is 0 Å². The van der Waals surface area contributed by atoms with E-state index in [1.165, 1.54) is 17.8 Å². The minimum atomic E-state index is -4.58. The average molecular weight is 621 g/mol. The topological polar surface area (TPSA) is 105 Å². The van der Waals surface area contributed by atoms with Crippen LogP contribution in [0.5, 0.6) is 11.5 Å². The van der Waals surface area contributed by atoms with Crippen LogP contribution in [0.15, 0.2) is 115 Å². The highest BCUT2D eigenvalue weighted by Crippen LogP contribution is 2.29. The van der Waals surface area contributed by atoms with E-state index in [0.717, 1.165) is 29.8 Å². The Morgan fingerprint density at radius 2 is 1.41 bits per heavy atom. The molecule has 0 spiro atoms. The Morgan fingerprint density at radius 3 is 2.00 bits per heavy atom. The molecule has 7 nitrogen and oxygen atoms in total. The number of para-hydroxylation sites is 1. The number of thioether (sulfide) groups is 1. The zero-order valence-corrected chi connectivity index (χ0v) is 23.9. The second-order valence-corrected chi connectivity index (χ2v) is 10.5. The molecule has 0 fully saturated rings. The van der Waals surface area contributed by atoms with E-state index in [9.17, 15) is 32.7 Å². The van der Waals surface area contributed by atoms with Crippen LogP contribution in [-0.4, -0.2) is 34.7 Å². The van der Waals surface area contributed by atoms with Crippen LogP contribution in [0.25, 0.3) is 6.08 Å². The van der Waals surface area contributed by atoms with Crippen LogP contribution in [0.2, 0.25) is 0 Å². The number of carbonyl (C=O) groups is 3. The van der Waals surface area contributed by atoms with Gasteiger partial charge in [0, 0.05) is 17.1 Å². The van der Waals surface area contributed by atoms with Gasteiger partial charge in [0.2, 0.25) is 0 Å². The molecule has 0 heterocycles. The molecular formula is C33H27F3N2O5S. The molecule has 2 amide bonds. The van der Waals surface area contributed by atoms with Crippen LogP contribution in [0.3, 0.4) is 0 Å². The second kappa shape index (κ2) is 14.9. The quantitative estimate of drug-likeness (QED) is 0.151. The van der Waals surface area contributed by atoms with Crippen LogP contribution in [-0.2, 0) is 21.5 Å². The molecule has 0 saturated heterocycles. The zero-order valence-electron chi connectivity index (χ0n) is 23.1. The van der Waals surface area contributed by atoms with Crippen molar-refractivity contribution in [3.05, 3.63) is 137 Å². The maximum absolute atomic E-state index is 13.3. The number of aliphatic carboxylic acids is 1. The van der Waals surface area contributed by atoms with Crippen molar-refractivity contribution in [1.29, 1.82) is 0 Å². The van der Waals surface area contributed by atoms with Crippen LogP contribution in [0.1, 0.15) is 27.0 Å². The Bertz CT molecular complexity index is 1600. The molecule has 1 unspecified atom stereocenters. The van der Waals surface area contributed by atoms with Crippen LogP contribution in [0.4, 0.5) is 13.2 Å². The number of carboxylic acid groups (broad SMARTS) is 1. The van der Waals surface area contributed by atoms with Gasteiger partial charge in [0.15, 0.2) is 0 Å². The van der Waals surface area contributed by atoms with Gasteiger partial charge in [-0.15, -0.1) is 0 Å². The predicted molar refractivity (Wildman–Crippen MR) is 162 cm³/mol. The number of alkyl halides is 3. The summed E-state index contributed by atoms with van der Waals surface area (Å²) in [6, 6.07) is 27.2. The molecule has 1 atom stereocenters. The van der Waals surface area contributed by atoms with E-state index >= 15 is 0 Å². The van der Waals surface area contributed by atoms with Gasteiger partial charge < -0.3 is 20.5 Å². The van der Waals surface area contributed by atoms with Crippen molar-refractivity contribution in [1.82, 2.24) is 10.6 Å². The molecule has 0 aliphatic carbocycles. The molecule has 0 aromatic heterocycles. The summed E-state index contributed by atoms with van der Waals surface area (Å²) in [5, 5.41) is 14.6. The van der Waals surface area contributed by atoms with E-state index in [0.29, 0.717) is 22.8 Å². The Hall–Kier alpha value is -5.03. The molecule has 44 heavy (non-hydrogen) atoms. The first-order chi connectivity index (χ1) is 21.1. The van der Waals surface area contributed by atoms with Crippen molar-refractivity contribution in [2.45, 2.75) is 18.0 Å². The summed E-state index contributed by atoms with van der Waals surface area (Å²) < 4.78 is 44.7. The third-order valence-electron chi connectivity index (χ3n) is 6.14. The lowest BCUT2D eigenvalue weighted by Gasteiger charge is -2.17. The summed E-state index contributed by atoms with van der Waals surface area (Å²) >= 11 is 1.31. The molecule has 0 saturated carbocycles. The summed E-state index contributed by atoms with van der Waals surface area (Å²) in [5.74, 6) is -1.32. The molecule has 0 bridgehead atoms. The SMILES string of the molecule is O=C(NC(CSCc1ccccc1)C(=O)O)C(=Cc1ccc(Oc2ccccc2)cc1)NC(=O)c1ccc(C(F)(F)F)cc1. The van der Waals surface area contributed by atoms with E-state index in [-0.39, 0.29) is 17.0 Å². The fraction of sp³-hybridized carbons (Fsp3) is 0.121. The van der Waals surface area contributed by atoms with E-state index < -0.39 is 35.6 Å². The lowest BCUT2D eigenvalue weighted by molar-refractivity contribution is -0.140. The van der Waals surface area contributed by atoms with Gasteiger partial charge in [-0.05, 0) is 65.7 Å². The van der Waals surface area contributed by atoms with Crippen molar-refractivity contribution in [2.24, 2.45) is 0 Å². The van der Waals surface area contributed by atoms with E-state index in [1.807, 2.05) is 48.5 Å². The maximum atomic E-state index is 13.3. The van der Waals surface area contributed by atoms with Gasteiger partial charge in [-0.3, -0.25) is 9.59 Å². The molecule has 0 aliphatic rings. The minimum Gasteiger partial charge on any atom is -0.480 e. The van der Waals surface area contributed by atoms with Crippen molar-refractivity contribution < 1.29 is 37.4 Å². The number of carboxylic acids is 1. The fourth-order valence-electron chi connectivity index (χ4n) is 3.87. The van der Waals surface area contributed by atoms with Gasteiger partial charge >= 0.3 is 12.1 Å². The van der Waals surface area contributed by atoms with Gasteiger partial charge in [0.05, 0.1) is 5.56 Å². The highest BCUT2D eigenvalue weighted by Gasteiger charge is 2.30. The number of rotatable bonds is 12. The fourth-order valence-corrected chi connectivity index (χ4v) is 4.87. The normalized spacial score (nSPS) is 12.2. The van der Waals surface area contributed by atoms with E-state index in [1.54, 1.807) is 36.4 Å². The molecule has 3 N–H and O–H groups in total. The molecule has 4 rings (SSSR count). The summed E-state index contributed by atoms with van der Waals surface area (Å²) in [4.78, 5) is 38.2. The number of halogens is 3. The summed E-state index contributed by atoms with van der Waals surface area (Å²) in [6.07, 6.45) is -3.25. The van der Waals surface area contributed by atoms with Crippen LogP contribution in [0, 0.1) is 0 Å². The van der Waals surface area contributed by atoms with E-state index in [2.05, 4.69) is 10.6 Å². The lowest BCUT2D eigenvalue weighted by Crippen LogP contribution is -2.45. The standard InChI is InChI=1S/C33H27F3N2O5S/c34-33(35,36)25-15-13-24(14-16-25)30(39)37-28(19-22-11-17-27(18-12-22)43-26-9-5-2-6-10-26)31(40)38-29(32(41)42)21-44-20-23-7-3-1-4-8-23/h1-19,29H,20-21H2,(H,37,39)(H,38,40)(H,41,42). The third kappa shape index (κ3) is 9.50. The summed E-state index contributed by atoms with van der Waals surface area (Å²) in [6.45, 7) is 0. The Labute approximate surface area is 255 Å². The zero-order chi connectivity index (χ0) is 31.5. The molecule has 226 valence electrons. The highest BCUT2D eigenvalue weighted by molar-refractivity contribution is 7.98. The van der Waals surface area contributed by atoms with Gasteiger partial charge in [0.1, 0.15) is 23.2 Å². The van der Waals surface area contributed by atoms with Crippen molar-refractivity contribution >= 4 is 35.6 Å². The number of hydrogen-bond acceptors (Lipinski definition) is 5. The van der Waals surface area contributed by atoms with Crippen LogP contribution >= 0.6 is 11.8 Å². The molecular weight excluding hydrogens is 593 g/mol. The van der Waals surface area contributed by atoms with Gasteiger partial charge in [0.25, 0.3) is 11.8 Å². The average Bonchev–Trinajstić information content (AvgIpc) is 3.01. The first-order valence-corrected chi connectivity index (χ1v) is 14.4. The largest absolute Gasteiger partial charge is 0.480 e. The van der Waals surface area contributed by atoms with Gasteiger partial charge in [-0.25, -0.2) is 4.79 Å². The lowest BCUT2D eigenvalue weighted by atomic mass is 10.1. The van der Waals surface area contributed by atoms with E-state index in [4.69, 9.17) is 4.74 Å². The first kappa shape index (κ1) is 31.9. The smallest absolute Gasteiger partial charge is 0.416 e. The number of ether oxygens (including phenoxy) is 1. The monoisotopic (exact) mass is 620 g/mol. The Balaban J connectivity index is 1.53. The number of amides is 2. The minimum absolute atomic E-state index is 0.0433. The van der Waals surface area contributed by atoms with Crippen molar-refractivity contribution in [3.8, 4) is 11.5 Å². The summed E-state index contributed by atoms with van der Waals surface area (Å²) in [5.41, 5.74) is 0.0887. The third-order valence-corrected chi connectivity index (χ3v) is 7.24. The maximum Gasteiger partial charge on any atom is 0.416 e. The van der Waals surface area contributed by atoms with Crippen LogP contribution < -0.4 is 15.4 Å². The Morgan fingerprint density at radius 1 is 0.818 bits per heavy atom. The number of hydrogen-bond donors (Lipinski definition) is 3. The van der Waals surface area contributed by atoms with Gasteiger partial charge in [-0.1, -0.05) is 60.7 Å². The molecule has 11 heteroatoms. The number of carbonyl (C=O) groups excluding carboxylic acids is 2. The molecule has 4 aromatic rings. The molecule has 0 radical (unpaired) electrons. The number of benzene rings is 4. The highest BCUT2D eigenvalue weighted by atomic mass is 32.2. The Kier molecular flexibility index (Phi) is 10.8. The first-order valence-electron chi connectivity index (χ1n) is 13.3. The predicted octanol–water partition coefficient (Wildman–Crippen LogP) is 6.77. The molecule has 0 aliphatic heterocycles. The van der Waals surface area contributed by atoms with Crippen molar-refractivity contribution in [2.75, 3.05) is 5.75 Å². The van der Waals surface area contributed by atoms with Gasteiger partial charge in [-0.2, -0.15) is 24.9 Å². The second-order valence-electron chi connectivity index (χ2n) is 9.44.